The molecule has 0 spiro atoms. The van der Waals surface area contributed by atoms with Gasteiger partial charge in [-0.15, -0.1) is 0 Å². The van der Waals surface area contributed by atoms with Gasteiger partial charge in [0.2, 0.25) is 0 Å². The molecule has 0 rings (SSSR count). The minimum Gasteiger partial charge on any atom is -0.481 e. The Kier molecular flexibility index (Phi) is 7.28. The van der Waals surface area contributed by atoms with Crippen LogP contribution in [0.4, 0.5) is 4.79 Å². The third kappa shape index (κ3) is 9.26. The van der Waals surface area contributed by atoms with Crippen LogP contribution in [0, 0.1) is 5.92 Å². The number of nitrogens with zero attached hydrogens (tertiary/aromatic N) is 1. The molecular formula is C10H21N3O3. The van der Waals surface area contributed by atoms with Crippen LogP contribution in [0.25, 0.3) is 0 Å². The van der Waals surface area contributed by atoms with Crippen molar-refractivity contribution in [1.82, 2.24) is 15.8 Å². The van der Waals surface area contributed by atoms with Crippen LogP contribution in [0.15, 0.2) is 0 Å². The lowest BCUT2D eigenvalue weighted by atomic mass is 10.0. The molecule has 94 valence electrons. The molecule has 0 heterocycles. The summed E-state index contributed by atoms with van der Waals surface area (Å²) in [5.74, 6) is -0.471. The summed E-state index contributed by atoms with van der Waals surface area (Å²) in [6.07, 6.45) is 1.62. The fraction of sp³-hybridized carbons (Fsp3) is 0.800. The third-order valence-corrected chi connectivity index (χ3v) is 2.10. The molecule has 16 heavy (non-hydrogen) atoms. The first-order valence-electron chi connectivity index (χ1n) is 5.35. The minimum absolute atomic E-state index is 0.186. The molecule has 0 aromatic heterocycles. The summed E-state index contributed by atoms with van der Waals surface area (Å²) in [5, 5.41) is 12.7. The van der Waals surface area contributed by atoms with Gasteiger partial charge in [-0.25, -0.2) is 9.80 Å². The van der Waals surface area contributed by atoms with Crippen molar-refractivity contribution in [2.24, 2.45) is 5.92 Å². The largest absolute Gasteiger partial charge is 0.481 e. The molecule has 0 aromatic rings. The van der Waals surface area contributed by atoms with Crippen LogP contribution >= 0.6 is 0 Å². The van der Waals surface area contributed by atoms with Crippen molar-refractivity contribution in [3.8, 4) is 0 Å². The van der Waals surface area contributed by atoms with Gasteiger partial charge in [-0.2, -0.15) is 0 Å². The Morgan fingerprint density at radius 1 is 1.31 bits per heavy atom. The lowest BCUT2D eigenvalue weighted by Crippen LogP contribution is -2.43. The molecule has 0 aliphatic carbocycles. The maximum Gasteiger partial charge on any atom is 0.329 e. The molecular weight excluding hydrogens is 210 g/mol. The quantitative estimate of drug-likeness (QED) is 0.562. The number of hydrazine groups is 1. The SMILES string of the molecule is CC(CCNC(=O)NN(C)C)CCC(=O)O. The van der Waals surface area contributed by atoms with Gasteiger partial charge in [0.25, 0.3) is 0 Å². The van der Waals surface area contributed by atoms with Gasteiger partial charge in [-0.1, -0.05) is 6.92 Å². The van der Waals surface area contributed by atoms with Gasteiger partial charge in [-0.05, 0) is 18.8 Å². The first-order valence-corrected chi connectivity index (χ1v) is 5.35. The van der Waals surface area contributed by atoms with Crippen molar-refractivity contribution in [3.05, 3.63) is 0 Å². The highest BCUT2D eigenvalue weighted by molar-refractivity contribution is 5.73. The zero-order valence-corrected chi connectivity index (χ0v) is 10.1. The molecule has 0 fully saturated rings. The number of carboxylic acids is 1. The second-order valence-electron chi connectivity index (χ2n) is 4.09. The molecule has 6 nitrogen and oxygen atoms in total. The van der Waals surface area contributed by atoms with E-state index in [0.29, 0.717) is 18.9 Å². The Bertz CT molecular complexity index is 231. The number of amides is 2. The number of carbonyl (C=O) groups excluding carboxylic acids is 1. The van der Waals surface area contributed by atoms with Gasteiger partial charge in [0.1, 0.15) is 0 Å². The highest BCUT2D eigenvalue weighted by Gasteiger charge is 2.06. The Labute approximate surface area is 96.0 Å². The molecule has 0 aromatic carbocycles. The Morgan fingerprint density at radius 2 is 1.94 bits per heavy atom. The fourth-order valence-corrected chi connectivity index (χ4v) is 1.19. The van der Waals surface area contributed by atoms with E-state index in [1.807, 2.05) is 6.92 Å². The molecule has 0 radical (unpaired) electrons. The van der Waals surface area contributed by atoms with E-state index in [9.17, 15) is 9.59 Å². The molecule has 2 amide bonds. The first kappa shape index (κ1) is 14.7. The number of aliphatic carboxylic acids is 1. The molecule has 0 aliphatic heterocycles. The van der Waals surface area contributed by atoms with Crippen molar-refractivity contribution in [3.63, 3.8) is 0 Å². The molecule has 1 unspecified atom stereocenters. The second-order valence-corrected chi connectivity index (χ2v) is 4.09. The molecule has 0 saturated carbocycles. The first-order chi connectivity index (χ1) is 7.41. The highest BCUT2D eigenvalue weighted by atomic mass is 16.4. The zero-order valence-electron chi connectivity index (χ0n) is 10.1. The summed E-state index contributed by atoms with van der Waals surface area (Å²) in [6.45, 7) is 2.54. The van der Waals surface area contributed by atoms with Crippen LogP contribution in [0.1, 0.15) is 26.2 Å². The molecule has 3 N–H and O–H groups in total. The van der Waals surface area contributed by atoms with Crippen molar-refractivity contribution >= 4 is 12.0 Å². The third-order valence-electron chi connectivity index (χ3n) is 2.10. The number of nitrogens with one attached hydrogen (secondary N) is 2. The topological polar surface area (TPSA) is 81.7 Å². The van der Waals surface area contributed by atoms with Crippen LogP contribution < -0.4 is 10.7 Å². The van der Waals surface area contributed by atoms with Gasteiger partial charge in [0, 0.05) is 27.1 Å². The standard InChI is InChI=1S/C10H21N3O3/c1-8(4-5-9(14)15)6-7-11-10(16)12-13(2)3/h8H,4-7H2,1-3H3,(H,14,15)(H2,11,12,16). The van der Waals surface area contributed by atoms with E-state index in [2.05, 4.69) is 10.7 Å². The van der Waals surface area contributed by atoms with Crippen LogP contribution in [0.5, 0.6) is 0 Å². The maximum absolute atomic E-state index is 11.1. The zero-order chi connectivity index (χ0) is 12.6. The summed E-state index contributed by atoms with van der Waals surface area (Å²) in [6, 6.07) is -0.240. The minimum atomic E-state index is -0.773. The average molecular weight is 231 g/mol. The molecule has 0 saturated heterocycles. The van der Waals surface area contributed by atoms with Crippen molar-refractivity contribution < 1.29 is 14.7 Å². The van der Waals surface area contributed by atoms with Crippen LogP contribution in [0.2, 0.25) is 0 Å². The Balaban J connectivity index is 3.50. The second kappa shape index (κ2) is 7.92. The lowest BCUT2D eigenvalue weighted by molar-refractivity contribution is -0.137. The van der Waals surface area contributed by atoms with E-state index in [1.165, 1.54) is 0 Å². The van der Waals surface area contributed by atoms with E-state index < -0.39 is 5.97 Å². The monoisotopic (exact) mass is 231 g/mol. The normalized spacial score (nSPS) is 12.2. The smallest absolute Gasteiger partial charge is 0.329 e. The summed E-state index contributed by atoms with van der Waals surface area (Å²) < 4.78 is 0. The summed E-state index contributed by atoms with van der Waals surface area (Å²) in [5.41, 5.74) is 2.56. The van der Waals surface area contributed by atoms with Crippen LogP contribution in [-0.2, 0) is 4.79 Å². The van der Waals surface area contributed by atoms with Gasteiger partial charge < -0.3 is 10.4 Å². The number of urea groups is 1. The summed E-state index contributed by atoms with van der Waals surface area (Å²) in [7, 11) is 3.46. The van der Waals surface area contributed by atoms with Gasteiger partial charge in [-0.3, -0.25) is 10.2 Å². The Morgan fingerprint density at radius 3 is 2.44 bits per heavy atom. The number of carboxylic acid groups (broad SMARTS) is 1. The van der Waals surface area contributed by atoms with Gasteiger partial charge >= 0.3 is 12.0 Å². The van der Waals surface area contributed by atoms with Gasteiger partial charge in [0.15, 0.2) is 0 Å². The van der Waals surface area contributed by atoms with Crippen molar-refractivity contribution in [2.45, 2.75) is 26.2 Å². The van der Waals surface area contributed by atoms with E-state index in [0.717, 1.165) is 6.42 Å². The average Bonchev–Trinajstić information content (AvgIpc) is 2.13. The number of hydrogen-bond acceptors (Lipinski definition) is 3. The van der Waals surface area contributed by atoms with Gasteiger partial charge in [0.05, 0.1) is 0 Å². The van der Waals surface area contributed by atoms with Crippen molar-refractivity contribution in [2.75, 3.05) is 20.6 Å². The van der Waals surface area contributed by atoms with E-state index in [1.54, 1.807) is 19.1 Å². The predicted octanol–water partition coefficient (Wildman–Crippen LogP) is 0.653. The Hall–Kier alpha value is -1.30. The summed E-state index contributed by atoms with van der Waals surface area (Å²) in [4.78, 5) is 21.5. The number of hydrogen-bond donors (Lipinski definition) is 3. The van der Waals surface area contributed by atoms with Crippen molar-refractivity contribution in [1.29, 1.82) is 0 Å². The highest BCUT2D eigenvalue weighted by Crippen LogP contribution is 2.08. The van der Waals surface area contributed by atoms with E-state index in [-0.39, 0.29) is 12.5 Å². The fourth-order valence-electron chi connectivity index (χ4n) is 1.19. The molecule has 0 aliphatic rings. The van der Waals surface area contributed by atoms with Crippen LogP contribution in [-0.4, -0.2) is 42.8 Å². The van der Waals surface area contributed by atoms with E-state index in [4.69, 9.17) is 5.11 Å². The molecule has 6 heteroatoms. The predicted molar refractivity (Wildman–Crippen MR) is 60.9 cm³/mol. The summed E-state index contributed by atoms with van der Waals surface area (Å²) >= 11 is 0. The lowest BCUT2D eigenvalue weighted by Gasteiger charge is -2.14. The molecule has 1 atom stereocenters. The van der Waals surface area contributed by atoms with E-state index >= 15 is 0 Å². The molecule has 0 bridgehead atoms. The van der Waals surface area contributed by atoms with Crippen LogP contribution in [0.3, 0.4) is 0 Å². The number of carbonyl (C=O) groups is 2. The number of rotatable bonds is 7. The maximum atomic E-state index is 11.1.